The molecule has 1 saturated heterocycles. The third-order valence-corrected chi connectivity index (χ3v) is 2.06. The lowest BCUT2D eigenvalue weighted by Gasteiger charge is -2.23. The molecule has 9 nitrogen and oxygen atoms in total. The number of carbonyl (C=O) groups excluding carboxylic acids is 2. The summed E-state index contributed by atoms with van der Waals surface area (Å²) >= 11 is 0. The molecular weight excluding hydrogens is 240 g/mol. The van der Waals surface area contributed by atoms with Crippen molar-refractivity contribution in [2.75, 3.05) is 0 Å². The van der Waals surface area contributed by atoms with Crippen LogP contribution >= 0.6 is 0 Å². The van der Waals surface area contributed by atoms with Crippen LogP contribution in [0.2, 0.25) is 0 Å². The zero-order valence-electron chi connectivity index (χ0n) is 8.68. The molecule has 0 spiro atoms. The van der Waals surface area contributed by atoms with Gasteiger partial charge in [0.2, 0.25) is 0 Å². The molecule has 1 rings (SSSR count). The molecule has 4 unspecified atom stereocenters. The van der Waals surface area contributed by atoms with E-state index in [1.165, 1.54) is 0 Å². The van der Waals surface area contributed by atoms with E-state index in [1.54, 1.807) is 0 Å². The Morgan fingerprint density at radius 2 is 1.24 bits per heavy atom. The number of cyclic esters (lactones) is 2. The van der Waals surface area contributed by atoms with E-state index in [2.05, 4.69) is 9.47 Å². The van der Waals surface area contributed by atoms with Gasteiger partial charge in [0.15, 0.2) is 12.2 Å². The van der Waals surface area contributed by atoms with Gasteiger partial charge in [-0.05, 0) is 0 Å². The second-order valence-electron chi connectivity index (χ2n) is 3.61. The van der Waals surface area contributed by atoms with E-state index in [1.807, 2.05) is 0 Å². The first-order valence-corrected chi connectivity index (χ1v) is 4.56. The van der Waals surface area contributed by atoms with E-state index < -0.39 is 42.3 Å². The van der Waals surface area contributed by atoms with Gasteiger partial charge in [-0.15, -0.1) is 0 Å². The molecule has 9 heteroatoms. The van der Waals surface area contributed by atoms with Gasteiger partial charge in [-0.1, -0.05) is 0 Å². The van der Waals surface area contributed by atoms with Crippen molar-refractivity contribution in [3.63, 3.8) is 0 Å². The largest absolute Gasteiger partial charge is 0.396 e. The molecule has 0 aromatic heterocycles. The lowest BCUT2D eigenvalue weighted by Crippen LogP contribution is -2.49. The molecule has 0 amide bonds. The van der Waals surface area contributed by atoms with Gasteiger partial charge in [-0.2, -0.15) is 0 Å². The lowest BCUT2D eigenvalue weighted by atomic mass is 10.0. The van der Waals surface area contributed by atoms with Crippen molar-refractivity contribution in [1.29, 1.82) is 0 Å². The average molecular weight is 252 g/mol. The predicted molar refractivity (Wildman–Crippen MR) is 46.8 cm³/mol. The van der Waals surface area contributed by atoms with E-state index >= 15 is 0 Å². The fraction of sp³-hybridized carbons (Fsp3) is 0.750. The van der Waals surface area contributed by atoms with Crippen molar-refractivity contribution in [2.24, 2.45) is 0 Å². The Morgan fingerprint density at radius 1 is 0.941 bits per heavy atom. The molecule has 1 heterocycles. The highest BCUT2D eigenvalue weighted by Crippen LogP contribution is 2.18. The van der Waals surface area contributed by atoms with Gasteiger partial charge in [0, 0.05) is 6.92 Å². The van der Waals surface area contributed by atoms with Gasteiger partial charge in [-0.3, -0.25) is 0 Å². The molecule has 5 N–H and O–H groups in total. The summed E-state index contributed by atoms with van der Waals surface area (Å²) in [5.41, 5.74) is 0. The van der Waals surface area contributed by atoms with Crippen molar-refractivity contribution >= 4 is 11.9 Å². The van der Waals surface area contributed by atoms with Crippen LogP contribution in [-0.2, 0) is 19.1 Å². The molecule has 0 saturated carbocycles. The fourth-order valence-corrected chi connectivity index (χ4v) is 1.17. The lowest BCUT2D eigenvalue weighted by molar-refractivity contribution is -0.318. The van der Waals surface area contributed by atoms with Crippen LogP contribution in [0.3, 0.4) is 0 Å². The summed E-state index contributed by atoms with van der Waals surface area (Å²) in [6, 6.07) is 0. The number of rotatable bonds is 0. The average Bonchev–Trinajstić information content (AvgIpc) is 2.23. The summed E-state index contributed by atoms with van der Waals surface area (Å²) < 4.78 is 8.30. The third kappa shape index (κ3) is 2.90. The highest BCUT2D eigenvalue weighted by Gasteiger charge is 2.45. The van der Waals surface area contributed by atoms with E-state index in [0.717, 1.165) is 6.92 Å². The standard InChI is InChI=1S/C8H12O9/c1-8(15)16-6(13)4(11)2(9)3(10)5(12)7(14)17-8/h2-5,9-12,15H,1H3. The minimum atomic E-state index is -2.72. The normalized spacial score (nSPS) is 44.1. The molecule has 1 aliphatic rings. The Balaban J connectivity index is 3.05. The van der Waals surface area contributed by atoms with Gasteiger partial charge in [-0.25, -0.2) is 9.59 Å². The van der Waals surface area contributed by atoms with Crippen molar-refractivity contribution in [3.05, 3.63) is 0 Å². The number of carbonyl (C=O) groups is 2. The van der Waals surface area contributed by atoms with Crippen LogP contribution in [-0.4, -0.2) is 67.9 Å². The summed E-state index contributed by atoms with van der Waals surface area (Å²) in [5.74, 6) is -5.77. The smallest absolute Gasteiger partial charge is 0.370 e. The zero-order valence-corrected chi connectivity index (χ0v) is 8.68. The maximum absolute atomic E-state index is 11.1. The first kappa shape index (κ1) is 13.8. The highest BCUT2D eigenvalue weighted by molar-refractivity contribution is 5.79. The van der Waals surface area contributed by atoms with Gasteiger partial charge >= 0.3 is 17.9 Å². The van der Waals surface area contributed by atoms with Gasteiger partial charge in [0.1, 0.15) is 12.2 Å². The molecule has 1 aliphatic heterocycles. The molecule has 1 fully saturated rings. The quantitative estimate of drug-likeness (QED) is 0.273. The van der Waals surface area contributed by atoms with Crippen molar-refractivity contribution in [1.82, 2.24) is 0 Å². The second kappa shape index (κ2) is 4.55. The molecule has 17 heavy (non-hydrogen) atoms. The SMILES string of the molecule is CC1(O)OC(=O)C(O)C(O)C(O)C(O)C(=O)O1. The third-order valence-electron chi connectivity index (χ3n) is 2.06. The molecule has 98 valence electrons. The van der Waals surface area contributed by atoms with Gasteiger partial charge in [0.05, 0.1) is 0 Å². The number of hydrogen-bond donors (Lipinski definition) is 5. The summed E-state index contributed by atoms with van der Waals surface area (Å²) in [6.45, 7) is 0.756. The van der Waals surface area contributed by atoms with Gasteiger partial charge < -0.3 is 35.0 Å². The van der Waals surface area contributed by atoms with E-state index in [-0.39, 0.29) is 0 Å². The second-order valence-corrected chi connectivity index (χ2v) is 3.61. The molecule has 0 aromatic carbocycles. The number of hydrogen-bond acceptors (Lipinski definition) is 9. The summed E-state index contributed by atoms with van der Waals surface area (Å²) in [6.07, 6.45) is -8.83. The Kier molecular flexibility index (Phi) is 3.69. The number of esters is 2. The first-order chi connectivity index (χ1) is 7.65. The van der Waals surface area contributed by atoms with E-state index in [9.17, 15) is 35.1 Å². The van der Waals surface area contributed by atoms with Crippen molar-refractivity contribution in [3.8, 4) is 0 Å². The first-order valence-electron chi connectivity index (χ1n) is 4.56. The van der Waals surface area contributed by atoms with Crippen LogP contribution in [0.1, 0.15) is 6.92 Å². The fourth-order valence-electron chi connectivity index (χ4n) is 1.17. The molecule has 0 radical (unpaired) electrons. The Bertz CT molecular complexity index is 295. The summed E-state index contributed by atoms with van der Waals surface area (Å²) in [4.78, 5) is 22.3. The van der Waals surface area contributed by atoms with Crippen LogP contribution in [0.15, 0.2) is 0 Å². The number of ether oxygens (including phenoxy) is 2. The van der Waals surface area contributed by atoms with E-state index in [4.69, 9.17) is 0 Å². The zero-order chi connectivity index (χ0) is 13.4. The number of aliphatic hydroxyl groups is 5. The molecule has 4 atom stereocenters. The van der Waals surface area contributed by atoms with Gasteiger partial charge in [0.25, 0.3) is 0 Å². The van der Waals surface area contributed by atoms with Crippen LogP contribution in [0.5, 0.6) is 0 Å². The molecule has 0 bridgehead atoms. The summed E-state index contributed by atoms with van der Waals surface area (Å²) in [7, 11) is 0. The molecule has 0 aliphatic carbocycles. The highest BCUT2D eigenvalue weighted by atomic mass is 16.8. The van der Waals surface area contributed by atoms with Crippen molar-refractivity contribution < 1.29 is 44.6 Å². The Labute approximate surface area is 94.8 Å². The molecular formula is C8H12O9. The maximum Gasteiger partial charge on any atom is 0.370 e. The van der Waals surface area contributed by atoms with E-state index in [0.29, 0.717) is 0 Å². The van der Waals surface area contributed by atoms with Crippen LogP contribution in [0.4, 0.5) is 0 Å². The Hall–Kier alpha value is -1.26. The van der Waals surface area contributed by atoms with Crippen LogP contribution in [0, 0.1) is 0 Å². The molecule has 0 aromatic rings. The predicted octanol–water partition coefficient (Wildman–Crippen LogP) is -3.80. The number of aliphatic hydroxyl groups excluding tert-OH is 4. The minimum Gasteiger partial charge on any atom is -0.396 e. The monoisotopic (exact) mass is 252 g/mol. The Morgan fingerprint density at radius 3 is 1.53 bits per heavy atom. The van der Waals surface area contributed by atoms with Crippen molar-refractivity contribution in [2.45, 2.75) is 37.3 Å². The van der Waals surface area contributed by atoms with Crippen LogP contribution < -0.4 is 0 Å². The maximum atomic E-state index is 11.1. The topological polar surface area (TPSA) is 154 Å². The summed E-state index contributed by atoms with van der Waals surface area (Å²) in [5, 5.41) is 46.2. The minimum absolute atomic E-state index is 0.756. The van der Waals surface area contributed by atoms with Crippen LogP contribution in [0.25, 0.3) is 0 Å².